The third-order valence-corrected chi connectivity index (χ3v) is 5.08. The quantitative estimate of drug-likeness (QED) is 0.843. The van der Waals surface area contributed by atoms with Gasteiger partial charge in [-0.25, -0.2) is 4.98 Å². The average Bonchev–Trinajstić information content (AvgIpc) is 3.00. The minimum atomic E-state index is -2.88. The fraction of sp³-hybridized carbons (Fsp3) is 0.474. The van der Waals surface area contributed by atoms with E-state index >= 15 is 0 Å². The topological polar surface area (TPSA) is 70.7 Å². The largest absolute Gasteiger partial charge is 0.435 e. The van der Waals surface area contributed by atoms with Crippen molar-refractivity contribution >= 4 is 5.91 Å². The maximum Gasteiger partial charge on any atom is 0.387 e. The van der Waals surface area contributed by atoms with Crippen LogP contribution >= 0.6 is 0 Å². The Morgan fingerprint density at radius 3 is 2.79 bits per heavy atom. The molecule has 9 heteroatoms. The molecular formula is C19H22F2N4O3. The molecule has 0 unspecified atom stereocenters. The molecule has 2 saturated heterocycles. The highest BCUT2D eigenvalue weighted by Crippen LogP contribution is 2.24. The number of halogens is 2. The van der Waals surface area contributed by atoms with Crippen molar-refractivity contribution in [2.24, 2.45) is 5.92 Å². The Bertz CT molecular complexity index is 785. The number of carbonyl (C=O) groups is 1. The van der Waals surface area contributed by atoms with Crippen LogP contribution in [0, 0.1) is 5.92 Å². The van der Waals surface area contributed by atoms with Crippen molar-refractivity contribution in [1.82, 2.24) is 19.8 Å². The average molecular weight is 392 g/mol. The molecule has 2 aliphatic heterocycles. The summed E-state index contributed by atoms with van der Waals surface area (Å²) in [4.78, 5) is 24.5. The number of H-pyrrole nitrogens is 1. The van der Waals surface area contributed by atoms with Gasteiger partial charge in [-0.2, -0.15) is 8.78 Å². The summed E-state index contributed by atoms with van der Waals surface area (Å²) in [5.41, 5.74) is 1.49. The van der Waals surface area contributed by atoms with E-state index in [1.165, 1.54) is 24.3 Å². The lowest BCUT2D eigenvalue weighted by atomic mass is 10.1. The lowest BCUT2D eigenvalue weighted by Crippen LogP contribution is -2.46. The highest BCUT2D eigenvalue weighted by Gasteiger charge is 2.36. The third-order valence-electron chi connectivity index (χ3n) is 5.08. The van der Waals surface area contributed by atoms with Gasteiger partial charge in [0.25, 0.3) is 5.91 Å². The Hall–Kier alpha value is -2.52. The number of benzene rings is 1. The van der Waals surface area contributed by atoms with Crippen LogP contribution in [0.15, 0.2) is 36.8 Å². The molecular weight excluding hydrogens is 370 g/mol. The third kappa shape index (κ3) is 4.31. The van der Waals surface area contributed by atoms with E-state index < -0.39 is 6.61 Å². The van der Waals surface area contributed by atoms with Crippen molar-refractivity contribution in [2.75, 3.05) is 32.8 Å². The minimum Gasteiger partial charge on any atom is -0.435 e. The fourth-order valence-corrected chi connectivity index (χ4v) is 3.87. The van der Waals surface area contributed by atoms with Gasteiger partial charge in [-0.1, -0.05) is 0 Å². The number of alkyl halides is 2. The summed E-state index contributed by atoms with van der Waals surface area (Å²) < 4.78 is 34.8. The molecule has 2 bridgehead atoms. The van der Waals surface area contributed by atoms with Crippen LogP contribution in [-0.4, -0.2) is 71.2 Å². The molecule has 0 spiro atoms. The Kier molecular flexibility index (Phi) is 5.54. The molecule has 1 aromatic heterocycles. The van der Waals surface area contributed by atoms with E-state index in [1.54, 1.807) is 6.33 Å². The summed E-state index contributed by atoms with van der Waals surface area (Å²) in [6.07, 6.45) is 3.47. The van der Waals surface area contributed by atoms with E-state index in [1.807, 2.05) is 11.1 Å². The Balaban J connectivity index is 1.48. The molecule has 2 aromatic rings. The van der Waals surface area contributed by atoms with Crippen molar-refractivity contribution in [3.05, 3.63) is 48.0 Å². The van der Waals surface area contributed by atoms with Crippen LogP contribution in [0.2, 0.25) is 0 Å². The predicted molar refractivity (Wildman–Crippen MR) is 96.1 cm³/mol. The highest BCUT2D eigenvalue weighted by atomic mass is 19.3. The Labute approximate surface area is 161 Å². The van der Waals surface area contributed by atoms with Gasteiger partial charge in [0.05, 0.1) is 25.6 Å². The summed E-state index contributed by atoms with van der Waals surface area (Å²) in [5, 5.41) is 0. The molecule has 0 radical (unpaired) electrons. The standard InChI is InChI=1S/C19H22F2N4O3/c20-19(21)28-17-3-1-14(2-4-17)18(26)25-7-13-6-24(8-15-5-22-12-23-15)9-16(25)11-27-10-13/h1-5,12-13,16,19H,6-11H2,(H,22,23)/t13-,16-/m0/s1. The normalized spacial score (nSPS) is 22.9. The number of carbonyl (C=O) groups excluding carboxylic acids is 1. The van der Waals surface area contributed by atoms with Crippen molar-refractivity contribution in [2.45, 2.75) is 19.2 Å². The predicted octanol–water partition coefficient (Wildman–Crippen LogP) is 1.98. The summed E-state index contributed by atoms with van der Waals surface area (Å²) in [7, 11) is 0. The molecule has 3 heterocycles. The van der Waals surface area contributed by atoms with Crippen molar-refractivity contribution < 1.29 is 23.0 Å². The second kappa shape index (κ2) is 8.24. The van der Waals surface area contributed by atoms with E-state index in [0.717, 1.165) is 18.8 Å². The molecule has 0 aliphatic carbocycles. The van der Waals surface area contributed by atoms with Crippen molar-refractivity contribution in [3.8, 4) is 5.75 Å². The first-order valence-electron chi connectivity index (χ1n) is 9.21. The molecule has 1 aromatic carbocycles. The number of fused-ring (bicyclic) bond motifs is 3. The second-order valence-electron chi connectivity index (χ2n) is 7.19. The summed E-state index contributed by atoms with van der Waals surface area (Å²) in [6.45, 7) is 1.10. The molecule has 2 fully saturated rings. The number of aromatic amines is 1. The summed E-state index contributed by atoms with van der Waals surface area (Å²) >= 11 is 0. The molecule has 7 nitrogen and oxygen atoms in total. The highest BCUT2D eigenvalue weighted by molar-refractivity contribution is 5.94. The molecule has 4 rings (SSSR count). The number of rotatable bonds is 5. The van der Waals surface area contributed by atoms with Gasteiger partial charge in [0.2, 0.25) is 0 Å². The van der Waals surface area contributed by atoms with Crippen LogP contribution in [0.3, 0.4) is 0 Å². The van der Waals surface area contributed by atoms with Gasteiger partial charge in [0.15, 0.2) is 0 Å². The zero-order valence-electron chi connectivity index (χ0n) is 15.3. The zero-order valence-corrected chi connectivity index (χ0v) is 15.3. The number of nitrogens with zero attached hydrogens (tertiary/aromatic N) is 3. The molecule has 150 valence electrons. The maximum atomic E-state index is 13.1. The van der Waals surface area contributed by atoms with Crippen molar-refractivity contribution in [1.29, 1.82) is 0 Å². The Morgan fingerprint density at radius 1 is 1.25 bits per heavy atom. The molecule has 1 N–H and O–H groups in total. The van der Waals surface area contributed by atoms with Gasteiger partial charge in [0, 0.05) is 49.6 Å². The van der Waals surface area contributed by atoms with Crippen LogP contribution in [0.5, 0.6) is 5.75 Å². The van der Waals surface area contributed by atoms with Gasteiger partial charge in [-0.05, 0) is 24.3 Å². The van der Waals surface area contributed by atoms with Gasteiger partial charge in [-0.15, -0.1) is 0 Å². The van der Waals surface area contributed by atoms with E-state index in [2.05, 4.69) is 19.6 Å². The number of nitrogens with one attached hydrogen (secondary N) is 1. The Morgan fingerprint density at radius 2 is 2.07 bits per heavy atom. The van der Waals surface area contributed by atoms with E-state index in [-0.39, 0.29) is 23.6 Å². The van der Waals surface area contributed by atoms with Gasteiger partial charge < -0.3 is 19.4 Å². The van der Waals surface area contributed by atoms with Crippen LogP contribution in [0.25, 0.3) is 0 Å². The number of hydrogen-bond donors (Lipinski definition) is 1. The number of imidazole rings is 1. The zero-order chi connectivity index (χ0) is 19.5. The molecule has 0 saturated carbocycles. The lowest BCUT2D eigenvalue weighted by molar-refractivity contribution is -0.0498. The molecule has 28 heavy (non-hydrogen) atoms. The SMILES string of the molecule is O=C(c1ccc(OC(F)F)cc1)N1C[C@H]2COC[C@@H]1CN(Cc1cnc[nH]1)C2. The molecule has 1 amide bonds. The van der Waals surface area contributed by atoms with Crippen LogP contribution < -0.4 is 4.74 Å². The molecule has 2 aliphatic rings. The molecule has 2 atom stereocenters. The van der Waals surface area contributed by atoms with E-state index in [4.69, 9.17) is 4.74 Å². The lowest BCUT2D eigenvalue weighted by Gasteiger charge is -2.31. The van der Waals surface area contributed by atoms with Crippen LogP contribution in [0.4, 0.5) is 8.78 Å². The number of ether oxygens (including phenoxy) is 2. The number of amides is 1. The first-order valence-corrected chi connectivity index (χ1v) is 9.21. The first kappa shape index (κ1) is 18.8. The van der Waals surface area contributed by atoms with Crippen LogP contribution in [0.1, 0.15) is 16.1 Å². The van der Waals surface area contributed by atoms with E-state index in [0.29, 0.717) is 31.9 Å². The van der Waals surface area contributed by atoms with Crippen LogP contribution in [-0.2, 0) is 11.3 Å². The summed E-state index contributed by atoms with van der Waals surface area (Å²) in [5.74, 6) is 0.128. The number of hydrogen-bond acceptors (Lipinski definition) is 5. The smallest absolute Gasteiger partial charge is 0.387 e. The van der Waals surface area contributed by atoms with Crippen molar-refractivity contribution in [3.63, 3.8) is 0 Å². The van der Waals surface area contributed by atoms with Gasteiger partial charge >= 0.3 is 6.61 Å². The summed E-state index contributed by atoms with van der Waals surface area (Å²) in [6, 6.07) is 5.77. The van der Waals surface area contributed by atoms with Gasteiger partial charge in [-0.3, -0.25) is 9.69 Å². The monoisotopic (exact) mass is 392 g/mol. The first-order chi connectivity index (χ1) is 13.6. The minimum absolute atomic E-state index is 0.0372. The second-order valence-corrected chi connectivity index (χ2v) is 7.19. The number of aromatic nitrogens is 2. The fourth-order valence-electron chi connectivity index (χ4n) is 3.87. The van der Waals surface area contributed by atoms with E-state index in [9.17, 15) is 13.6 Å². The maximum absolute atomic E-state index is 13.1. The van der Waals surface area contributed by atoms with Gasteiger partial charge in [0.1, 0.15) is 5.75 Å².